The standard InChI is InChI=1S/C20H32N2O3/c1-16(2)10-15-25-18-6-4-17(5-7-18)20(23)22-12-8-19(9-13-22)24-14-3-11-21/h4-7,16,19H,3,8-15,21H2,1-2H3. The first kappa shape index (κ1) is 19.7. The molecule has 1 aromatic rings. The number of benzene rings is 1. The molecule has 2 N–H and O–H groups in total. The molecule has 0 spiro atoms. The third-order valence-corrected chi connectivity index (χ3v) is 4.50. The van der Waals surface area contributed by atoms with Crippen LogP contribution >= 0.6 is 0 Å². The summed E-state index contributed by atoms with van der Waals surface area (Å²) in [5.74, 6) is 1.54. The second kappa shape index (κ2) is 10.4. The van der Waals surface area contributed by atoms with E-state index in [4.69, 9.17) is 15.2 Å². The summed E-state index contributed by atoms with van der Waals surface area (Å²) in [6, 6.07) is 7.49. The van der Waals surface area contributed by atoms with E-state index in [-0.39, 0.29) is 12.0 Å². The van der Waals surface area contributed by atoms with Crippen molar-refractivity contribution in [3.63, 3.8) is 0 Å². The van der Waals surface area contributed by atoms with Crippen molar-refractivity contribution in [2.24, 2.45) is 11.7 Å². The van der Waals surface area contributed by atoms with Crippen LogP contribution in [0.25, 0.3) is 0 Å². The summed E-state index contributed by atoms with van der Waals surface area (Å²) >= 11 is 0. The second-order valence-electron chi connectivity index (χ2n) is 7.06. The van der Waals surface area contributed by atoms with Crippen molar-refractivity contribution in [3.05, 3.63) is 29.8 Å². The maximum absolute atomic E-state index is 12.6. The van der Waals surface area contributed by atoms with Gasteiger partial charge in [0.15, 0.2) is 0 Å². The Balaban J connectivity index is 1.77. The Kier molecular flexibility index (Phi) is 8.22. The Hall–Kier alpha value is -1.59. The highest BCUT2D eigenvalue weighted by molar-refractivity contribution is 5.94. The van der Waals surface area contributed by atoms with Crippen LogP contribution in [-0.4, -0.2) is 49.8 Å². The van der Waals surface area contributed by atoms with E-state index in [1.165, 1.54) is 0 Å². The molecular formula is C20H32N2O3. The number of carbonyl (C=O) groups excluding carboxylic acids is 1. The zero-order valence-corrected chi connectivity index (χ0v) is 15.6. The first-order valence-corrected chi connectivity index (χ1v) is 9.44. The van der Waals surface area contributed by atoms with Gasteiger partial charge in [-0.1, -0.05) is 13.8 Å². The number of piperidine rings is 1. The van der Waals surface area contributed by atoms with E-state index in [0.29, 0.717) is 25.7 Å². The fourth-order valence-electron chi connectivity index (χ4n) is 2.85. The number of likely N-dealkylation sites (tertiary alicyclic amines) is 1. The number of hydrogen-bond donors (Lipinski definition) is 1. The molecule has 1 fully saturated rings. The molecule has 0 radical (unpaired) electrons. The van der Waals surface area contributed by atoms with E-state index < -0.39 is 0 Å². The van der Waals surface area contributed by atoms with E-state index in [1.807, 2.05) is 29.2 Å². The Labute approximate surface area is 151 Å². The number of hydrogen-bond acceptors (Lipinski definition) is 4. The second-order valence-corrected chi connectivity index (χ2v) is 7.06. The lowest BCUT2D eigenvalue weighted by Crippen LogP contribution is -2.41. The highest BCUT2D eigenvalue weighted by Crippen LogP contribution is 2.19. The van der Waals surface area contributed by atoms with Gasteiger partial charge in [0.1, 0.15) is 5.75 Å². The van der Waals surface area contributed by atoms with Crippen LogP contribution in [0.4, 0.5) is 0 Å². The molecule has 2 rings (SSSR count). The number of amides is 1. The number of nitrogens with two attached hydrogens (primary N) is 1. The Bertz CT molecular complexity index is 508. The largest absolute Gasteiger partial charge is 0.494 e. The van der Waals surface area contributed by atoms with Gasteiger partial charge < -0.3 is 20.1 Å². The molecule has 5 nitrogen and oxygen atoms in total. The first-order chi connectivity index (χ1) is 12.1. The molecule has 0 unspecified atom stereocenters. The molecule has 1 aromatic carbocycles. The lowest BCUT2D eigenvalue weighted by Gasteiger charge is -2.32. The van der Waals surface area contributed by atoms with Crippen molar-refractivity contribution in [2.75, 3.05) is 32.8 Å². The summed E-state index contributed by atoms with van der Waals surface area (Å²) < 4.78 is 11.5. The van der Waals surface area contributed by atoms with Gasteiger partial charge in [0, 0.05) is 25.3 Å². The molecule has 0 atom stereocenters. The maximum Gasteiger partial charge on any atom is 0.253 e. The maximum atomic E-state index is 12.6. The van der Waals surface area contributed by atoms with E-state index in [1.54, 1.807) is 0 Å². The topological polar surface area (TPSA) is 64.8 Å². The molecule has 140 valence electrons. The molecule has 1 heterocycles. The van der Waals surface area contributed by atoms with Gasteiger partial charge in [-0.3, -0.25) is 4.79 Å². The van der Waals surface area contributed by atoms with E-state index in [0.717, 1.165) is 50.1 Å². The molecule has 0 aromatic heterocycles. The van der Waals surface area contributed by atoms with E-state index in [2.05, 4.69) is 13.8 Å². The number of carbonyl (C=O) groups is 1. The molecule has 1 saturated heterocycles. The van der Waals surface area contributed by atoms with Crippen molar-refractivity contribution >= 4 is 5.91 Å². The molecule has 0 bridgehead atoms. The molecule has 5 heteroatoms. The lowest BCUT2D eigenvalue weighted by molar-refractivity contribution is 0.00845. The zero-order chi connectivity index (χ0) is 18.1. The molecule has 0 saturated carbocycles. The van der Waals surface area contributed by atoms with Crippen LogP contribution in [0.15, 0.2) is 24.3 Å². The van der Waals surface area contributed by atoms with Gasteiger partial charge in [-0.05, 0) is 62.4 Å². The molecule has 0 aliphatic carbocycles. The van der Waals surface area contributed by atoms with Gasteiger partial charge in [0.25, 0.3) is 5.91 Å². The van der Waals surface area contributed by atoms with E-state index >= 15 is 0 Å². The van der Waals surface area contributed by atoms with Crippen LogP contribution in [0.3, 0.4) is 0 Å². The average Bonchev–Trinajstić information content (AvgIpc) is 2.62. The van der Waals surface area contributed by atoms with Crippen molar-refractivity contribution in [3.8, 4) is 5.75 Å². The highest BCUT2D eigenvalue weighted by Gasteiger charge is 2.23. The SMILES string of the molecule is CC(C)CCOc1ccc(C(=O)N2CCC(OCCCN)CC2)cc1. The third-order valence-electron chi connectivity index (χ3n) is 4.50. The van der Waals surface area contributed by atoms with Crippen LogP contribution < -0.4 is 10.5 Å². The summed E-state index contributed by atoms with van der Waals surface area (Å²) in [7, 11) is 0. The van der Waals surface area contributed by atoms with Crippen LogP contribution in [-0.2, 0) is 4.74 Å². The molecule has 1 aliphatic rings. The predicted molar refractivity (Wildman–Crippen MR) is 99.9 cm³/mol. The first-order valence-electron chi connectivity index (χ1n) is 9.44. The van der Waals surface area contributed by atoms with Crippen molar-refractivity contribution in [2.45, 2.75) is 45.6 Å². The zero-order valence-electron chi connectivity index (χ0n) is 15.6. The minimum atomic E-state index is 0.0918. The van der Waals surface area contributed by atoms with E-state index in [9.17, 15) is 4.79 Å². The van der Waals surface area contributed by atoms with Crippen molar-refractivity contribution < 1.29 is 14.3 Å². The highest BCUT2D eigenvalue weighted by atomic mass is 16.5. The van der Waals surface area contributed by atoms with Gasteiger partial charge in [-0.2, -0.15) is 0 Å². The number of nitrogens with zero attached hydrogens (tertiary/aromatic N) is 1. The van der Waals surface area contributed by atoms with Gasteiger partial charge in [-0.15, -0.1) is 0 Å². The van der Waals surface area contributed by atoms with Crippen LogP contribution in [0, 0.1) is 5.92 Å². The molecule has 1 amide bonds. The number of ether oxygens (including phenoxy) is 2. The number of rotatable bonds is 9. The monoisotopic (exact) mass is 348 g/mol. The Morgan fingerprint density at radius 3 is 2.48 bits per heavy atom. The van der Waals surface area contributed by atoms with Gasteiger partial charge >= 0.3 is 0 Å². The predicted octanol–water partition coefficient (Wildman–Crippen LogP) is 3.08. The normalized spacial score (nSPS) is 15.6. The summed E-state index contributed by atoms with van der Waals surface area (Å²) in [5.41, 5.74) is 6.20. The molecule has 25 heavy (non-hydrogen) atoms. The third kappa shape index (κ3) is 6.67. The minimum Gasteiger partial charge on any atom is -0.494 e. The smallest absolute Gasteiger partial charge is 0.253 e. The van der Waals surface area contributed by atoms with Crippen LogP contribution in [0.1, 0.15) is 49.9 Å². The van der Waals surface area contributed by atoms with Gasteiger partial charge in [-0.25, -0.2) is 0 Å². The summed E-state index contributed by atoms with van der Waals surface area (Å²) in [6.07, 6.45) is 3.97. The van der Waals surface area contributed by atoms with Crippen LogP contribution in [0.5, 0.6) is 5.75 Å². The Morgan fingerprint density at radius 1 is 1.20 bits per heavy atom. The van der Waals surface area contributed by atoms with Gasteiger partial charge in [0.05, 0.1) is 12.7 Å². The Morgan fingerprint density at radius 2 is 1.88 bits per heavy atom. The van der Waals surface area contributed by atoms with Crippen molar-refractivity contribution in [1.29, 1.82) is 0 Å². The lowest BCUT2D eigenvalue weighted by atomic mass is 10.1. The quantitative estimate of drug-likeness (QED) is 0.697. The molecular weight excluding hydrogens is 316 g/mol. The summed E-state index contributed by atoms with van der Waals surface area (Å²) in [6.45, 7) is 7.94. The summed E-state index contributed by atoms with van der Waals surface area (Å²) in [5, 5.41) is 0. The summed E-state index contributed by atoms with van der Waals surface area (Å²) in [4.78, 5) is 14.5. The fourth-order valence-corrected chi connectivity index (χ4v) is 2.85. The van der Waals surface area contributed by atoms with Crippen LogP contribution in [0.2, 0.25) is 0 Å². The average molecular weight is 348 g/mol. The van der Waals surface area contributed by atoms with Crippen molar-refractivity contribution in [1.82, 2.24) is 4.90 Å². The van der Waals surface area contributed by atoms with Gasteiger partial charge in [0.2, 0.25) is 0 Å². The molecule has 1 aliphatic heterocycles. The minimum absolute atomic E-state index is 0.0918. The fraction of sp³-hybridized carbons (Fsp3) is 0.650.